The van der Waals surface area contributed by atoms with Crippen molar-refractivity contribution in [3.05, 3.63) is 51.2 Å². The number of nitrogens with zero attached hydrogens (tertiary/aromatic N) is 5. The monoisotopic (exact) mass is 519 g/mol. The van der Waals surface area contributed by atoms with Crippen molar-refractivity contribution in [2.75, 3.05) is 18.0 Å². The largest absolute Gasteiger partial charge is 0.372 e. The normalized spacial score (nSPS) is 14.6. The zero-order valence-electron chi connectivity index (χ0n) is 24.9. The first-order valence-electron chi connectivity index (χ1n) is 15.1. The van der Waals surface area contributed by atoms with Crippen LogP contribution in [0.2, 0.25) is 0 Å². The van der Waals surface area contributed by atoms with E-state index in [0.717, 1.165) is 111 Å². The Morgan fingerprint density at radius 2 is 1.63 bits per heavy atom. The van der Waals surface area contributed by atoms with Crippen LogP contribution in [0, 0.1) is 12.8 Å². The maximum atomic E-state index is 13.8. The highest BCUT2D eigenvalue weighted by Gasteiger charge is 2.32. The lowest BCUT2D eigenvalue weighted by Crippen LogP contribution is -2.28. The Morgan fingerprint density at radius 1 is 0.947 bits per heavy atom. The molecule has 0 saturated heterocycles. The molecule has 1 aliphatic heterocycles. The van der Waals surface area contributed by atoms with Gasteiger partial charge >= 0.3 is 0 Å². The summed E-state index contributed by atoms with van der Waals surface area (Å²) in [5, 5.41) is 4.96. The van der Waals surface area contributed by atoms with Crippen LogP contribution in [0.1, 0.15) is 116 Å². The Balaban J connectivity index is 2.20. The highest BCUT2D eigenvalue weighted by molar-refractivity contribution is 6.49. The van der Waals surface area contributed by atoms with Gasteiger partial charge in [-0.2, -0.15) is 9.78 Å². The van der Waals surface area contributed by atoms with Crippen molar-refractivity contribution in [1.82, 2.24) is 9.66 Å². The Kier molecular flexibility index (Phi) is 11.3. The minimum absolute atomic E-state index is 0.00352. The molecule has 6 nitrogen and oxygen atoms in total. The maximum Gasteiger partial charge on any atom is 0.277 e. The van der Waals surface area contributed by atoms with E-state index in [2.05, 4.69) is 71.6 Å². The second-order valence-corrected chi connectivity index (χ2v) is 10.5. The molecule has 1 aliphatic rings. The molecule has 0 N–H and O–H groups in total. The van der Waals surface area contributed by atoms with E-state index in [1.807, 2.05) is 0 Å². The Bertz CT molecular complexity index is 1190. The van der Waals surface area contributed by atoms with Gasteiger partial charge in [0, 0.05) is 30.3 Å². The van der Waals surface area contributed by atoms with Crippen LogP contribution in [-0.4, -0.2) is 34.2 Å². The zero-order chi connectivity index (χ0) is 27.7. The van der Waals surface area contributed by atoms with Gasteiger partial charge in [-0.15, -0.1) is 0 Å². The molecule has 1 aromatic heterocycles. The van der Waals surface area contributed by atoms with Crippen molar-refractivity contribution in [2.24, 2.45) is 16.0 Å². The summed E-state index contributed by atoms with van der Waals surface area (Å²) in [6.45, 7) is 17.2. The molecule has 1 unspecified atom stereocenters. The fourth-order valence-electron chi connectivity index (χ4n) is 5.30. The summed E-state index contributed by atoms with van der Waals surface area (Å²) in [6.07, 6.45) is 9.99. The molecule has 38 heavy (non-hydrogen) atoms. The van der Waals surface area contributed by atoms with Crippen LogP contribution in [0.3, 0.4) is 0 Å². The topological polar surface area (TPSA) is 62.9 Å². The van der Waals surface area contributed by atoms with Gasteiger partial charge in [-0.05, 0) is 83.1 Å². The summed E-state index contributed by atoms with van der Waals surface area (Å²) in [6, 6.07) is 6.48. The quantitative estimate of drug-likeness (QED) is 0.243. The average Bonchev–Trinajstić information content (AvgIpc) is 3.27. The van der Waals surface area contributed by atoms with Crippen LogP contribution in [0.25, 0.3) is 0 Å². The van der Waals surface area contributed by atoms with Gasteiger partial charge in [0.05, 0.1) is 17.1 Å². The molecule has 1 atom stereocenters. The fraction of sp³-hybridized carbons (Fsp3) is 0.625. The first-order chi connectivity index (χ1) is 18.4. The van der Waals surface area contributed by atoms with Crippen LogP contribution in [-0.2, 0) is 12.8 Å². The van der Waals surface area contributed by atoms with Crippen LogP contribution in [0.5, 0.6) is 0 Å². The number of unbranched alkanes of at least 4 members (excludes halogenated alkanes) is 3. The van der Waals surface area contributed by atoms with Crippen LogP contribution in [0.15, 0.2) is 33.1 Å². The molecular weight excluding hydrogens is 470 g/mol. The van der Waals surface area contributed by atoms with Crippen LogP contribution >= 0.6 is 0 Å². The maximum absolute atomic E-state index is 13.8. The van der Waals surface area contributed by atoms with E-state index in [4.69, 9.17) is 15.1 Å². The van der Waals surface area contributed by atoms with E-state index >= 15 is 0 Å². The number of aliphatic imine (C=N–C) groups is 1. The summed E-state index contributed by atoms with van der Waals surface area (Å²) in [4.78, 5) is 26.5. The minimum Gasteiger partial charge on any atom is -0.372 e. The summed E-state index contributed by atoms with van der Waals surface area (Å²) in [7, 11) is 0. The second-order valence-electron chi connectivity index (χ2n) is 10.5. The highest BCUT2D eigenvalue weighted by atomic mass is 16.1. The van der Waals surface area contributed by atoms with E-state index in [0.29, 0.717) is 5.82 Å². The summed E-state index contributed by atoms with van der Waals surface area (Å²) in [5.41, 5.74) is 6.73. The molecule has 0 saturated carbocycles. The van der Waals surface area contributed by atoms with E-state index in [9.17, 15) is 4.79 Å². The summed E-state index contributed by atoms with van der Waals surface area (Å²) >= 11 is 0. The van der Waals surface area contributed by atoms with Gasteiger partial charge in [0.2, 0.25) is 0 Å². The third kappa shape index (κ3) is 6.62. The lowest BCUT2D eigenvalue weighted by Gasteiger charge is -2.22. The first-order valence-corrected chi connectivity index (χ1v) is 15.1. The first kappa shape index (κ1) is 29.8. The fourth-order valence-corrected chi connectivity index (χ4v) is 5.30. The number of hydrogen-bond acceptors (Lipinski definition) is 5. The molecule has 3 rings (SSSR count). The molecule has 2 heterocycles. The third-order valence-corrected chi connectivity index (χ3v) is 7.78. The molecule has 0 spiro atoms. The average molecular weight is 520 g/mol. The Morgan fingerprint density at radius 3 is 2.24 bits per heavy atom. The summed E-state index contributed by atoms with van der Waals surface area (Å²) < 4.78 is 1.57. The molecule has 0 fully saturated rings. The van der Waals surface area contributed by atoms with Crippen molar-refractivity contribution in [3.63, 3.8) is 0 Å². The molecule has 0 radical (unpaired) electrons. The van der Waals surface area contributed by atoms with Gasteiger partial charge in [0.1, 0.15) is 5.71 Å². The number of fused-ring (bicyclic) bond motifs is 1. The van der Waals surface area contributed by atoms with Crippen molar-refractivity contribution < 1.29 is 0 Å². The molecule has 0 bridgehead atoms. The molecule has 2 aromatic rings. The SMILES string of the molecule is CCCCc1nc2n(c(=O)c1CCCC)N=C(C(CC)CCCC)C2=Nc1ccc(N(CC)CC)cc1C. The predicted octanol–water partition coefficient (Wildman–Crippen LogP) is 7.64. The van der Waals surface area contributed by atoms with E-state index in [1.165, 1.54) is 5.69 Å². The number of hydrogen-bond donors (Lipinski definition) is 0. The Labute approximate surface area is 230 Å². The van der Waals surface area contributed by atoms with Crippen molar-refractivity contribution in [1.29, 1.82) is 0 Å². The second kappa shape index (κ2) is 14.4. The minimum atomic E-state index is -0.00352. The zero-order valence-corrected chi connectivity index (χ0v) is 24.9. The van der Waals surface area contributed by atoms with Gasteiger partial charge in [-0.3, -0.25) is 4.79 Å². The number of aryl methyl sites for hydroxylation is 2. The Hall–Kier alpha value is -2.76. The van der Waals surface area contributed by atoms with Gasteiger partial charge in [0.25, 0.3) is 5.56 Å². The standard InChI is InChI=1S/C32H49N5O/c1-8-14-17-24(11-4)29-30(33-27-21-20-25(22-23(27)7)36(12-5)13-6)31-34-28(19-16-10-3)26(18-15-9-2)32(38)37(31)35-29/h20-22,24H,8-19H2,1-7H3. The van der Waals surface area contributed by atoms with Gasteiger partial charge in [0.15, 0.2) is 5.82 Å². The molecule has 1 aromatic carbocycles. The van der Waals surface area contributed by atoms with E-state index in [-0.39, 0.29) is 11.5 Å². The molecule has 0 amide bonds. The number of rotatable bonds is 15. The van der Waals surface area contributed by atoms with Crippen molar-refractivity contribution in [2.45, 2.75) is 113 Å². The summed E-state index contributed by atoms with van der Waals surface area (Å²) in [5.74, 6) is 0.877. The van der Waals surface area contributed by atoms with Gasteiger partial charge in [-0.25, -0.2) is 9.98 Å². The van der Waals surface area contributed by atoms with Gasteiger partial charge < -0.3 is 4.90 Å². The molecular formula is C32H49N5O. The predicted molar refractivity (Wildman–Crippen MR) is 163 cm³/mol. The van der Waals surface area contributed by atoms with E-state index < -0.39 is 0 Å². The number of benzene rings is 1. The lowest BCUT2D eigenvalue weighted by atomic mass is 9.91. The third-order valence-electron chi connectivity index (χ3n) is 7.78. The van der Waals surface area contributed by atoms with Crippen molar-refractivity contribution >= 4 is 22.8 Å². The van der Waals surface area contributed by atoms with Crippen LogP contribution < -0.4 is 10.5 Å². The molecule has 6 heteroatoms. The van der Waals surface area contributed by atoms with E-state index in [1.54, 1.807) is 4.68 Å². The number of anilines is 1. The molecule has 0 aliphatic carbocycles. The highest BCUT2D eigenvalue weighted by Crippen LogP contribution is 2.29. The van der Waals surface area contributed by atoms with Gasteiger partial charge in [-0.1, -0.05) is 53.4 Å². The van der Waals surface area contributed by atoms with Crippen molar-refractivity contribution in [3.8, 4) is 0 Å². The smallest absolute Gasteiger partial charge is 0.277 e. The molecule has 208 valence electrons. The van der Waals surface area contributed by atoms with Crippen LogP contribution in [0.4, 0.5) is 11.4 Å². The number of aromatic nitrogens is 2. The lowest BCUT2D eigenvalue weighted by molar-refractivity contribution is 0.569.